The lowest BCUT2D eigenvalue weighted by atomic mass is 9.85. The molecule has 3 amide bonds. The molecule has 4 atom stereocenters. The number of hydrogen-bond donors (Lipinski definition) is 4. The number of carbonyl (C=O) groups excluding carboxylic acids is 3. The predicted octanol–water partition coefficient (Wildman–Crippen LogP) is 4.56. The second kappa shape index (κ2) is 17.1. The molecule has 3 aromatic carbocycles. The smallest absolute Gasteiger partial charge is 0.326 e. The SMILES string of the molecule is O=C(COc1ccc([C@@H]2[C@@H](SCC(O)c3ccc4c(c3)OCCO4)C(=O)N2c2ccc(F)cc2)cc1)NCC(=O)N[C@H](CC1CCCCC1)C(=O)O. The molecule has 1 aliphatic carbocycles. The first-order chi connectivity index (χ1) is 25.2. The van der Waals surface area contributed by atoms with E-state index in [2.05, 4.69) is 10.6 Å². The highest BCUT2D eigenvalue weighted by Crippen LogP contribution is 2.46. The first-order valence-corrected chi connectivity index (χ1v) is 18.5. The van der Waals surface area contributed by atoms with Gasteiger partial charge < -0.3 is 40.0 Å². The first kappa shape index (κ1) is 37.0. The van der Waals surface area contributed by atoms with E-state index in [0.29, 0.717) is 48.1 Å². The van der Waals surface area contributed by atoms with Crippen LogP contribution in [0.5, 0.6) is 17.2 Å². The lowest BCUT2D eigenvalue weighted by Crippen LogP contribution is -2.57. The molecule has 1 unspecified atom stereocenters. The van der Waals surface area contributed by atoms with Crippen LogP contribution in [0.15, 0.2) is 66.7 Å². The molecule has 2 fully saturated rings. The minimum Gasteiger partial charge on any atom is -0.486 e. The number of halogens is 1. The van der Waals surface area contributed by atoms with Gasteiger partial charge in [-0.1, -0.05) is 50.3 Å². The van der Waals surface area contributed by atoms with Crippen LogP contribution in [0, 0.1) is 11.7 Å². The summed E-state index contributed by atoms with van der Waals surface area (Å²) in [6, 6.07) is 16.4. The van der Waals surface area contributed by atoms with E-state index >= 15 is 0 Å². The number of thioether (sulfide) groups is 1. The van der Waals surface area contributed by atoms with Crippen molar-refractivity contribution in [1.82, 2.24) is 10.6 Å². The van der Waals surface area contributed by atoms with E-state index in [1.165, 1.54) is 23.9 Å². The van der Waals surface area contributed by atoms with Crippen LogP contribution in [0.2, 0.25) is 0 Å². The molecule has 4 N–H and O–H groups in total. The van der Waals surface area contributed by atoms with Gasteiger partial charge in [0.1, 0.15) is 36.1 Å². The van der Waals surface area contributed by atoms with Crippen LogP contribution in [0.3, 0.4) is 0 Å². The molecule has 276 valence electrons. The molecular formula is C38H42FN3O9S. The maximum atomic E-state index is 13.7. The van der Waals surface area contributed by atoms with Gasteiger partial charge in [-0.3, -0.25) is 14.4 Å². The molecule has 12 nitrogen and oxygen atoms in total. The largest absolute Gasteiger partial charge is 0.486 e. The highest BCUT2D eigenvalue weighted by atomic mass is 32.2. The van der Waals surface area contributed by atoms with Gasteiger partial charge >= 0.3 is 5.97 Å². The average molecular weight is 736 g/mol. The third-order valence-electron chi connectivity index (χ3n) is 9.50. The fourth-order valence-corrected chi connectivity index (χ4v) is 8.06. The molecule has 0 radical (unpaired) electrons. The fraction of sp³-hybridized carbons (Fsp3) is 0.421. The molecule has 0 spiro atoms. The Morgan fingerprint density at radius 1 is 0.942 bits per heavy atom. The maximum absolute atomic E-state index is 13.7. The normalized spacial score (nSPS) is 19.6. The molecule has 2 heterocycles. The van der Waals surface area contributed by atoms with Crippen molar-refractivity contribution in [1.29, 1.82) is 0 Å². The highest BCUT2D eigenvalue weighted by Gasteiger charge is 2.49. The Morgan fingerprint density at radius 3 is 2.37 bits per heavy atom. The Labute approximate surface area is 305 Å². The highest BCUT2D eigenvalue weighted by molar-refractivity contribution is 8.00. The number of aliphatic hydroxyl groups is 1. The number of aliphatic hydroxyl groups excluding tert-OH is 1. The average Bonchev–Trinajstić information content (AvgIpc) is 3.16. The molecule has 3 aliphatic rings. The maximum Gasteiger partial charge on any atom is 0.326 e. The molecule has 52 heavy (non-hydrogen) atoms. The Morgan fingerprint density at radius 2 is 1.65 bits per heavy atom. The summed E-state index contributed by atoms with van der Waals surface area (Å²) in [4.78, 5) is 51.6. The summed E-state index contributed by atoms with van der Waals surface area (Å²) < 4.78 is 30.6. The Kier molecular flexibility index (Phi) is 12.2. The van der Waals surface area contributed by atoms with Crippen LogP contribution < -0.4 is 29.7 Å². The van der Waals surface area contributed by atoms with Gasteiger partial charge in [-0.05, 0) is 72.0 Å². The second-order valence-electron chi connectivity index (χ2n) is 13.1. The topological polar surface area (TPSA) is 164 Å². The molecule has 1 saturated carbocycles. The first-order valence-electron chi connectivity index (χ1n) is 17.5. The standard InChI is InChI=1S/C38H42FN3O9S/c39-26-9-11-27(12-10-26)42-35(36(37(42)46)52-22-30(43)25-8-15-31-32(19-25)50-17-16-49-31)24-6-13-28(14-7-24)51-21-34(45)40-20-33(44)41-29(38(47)48)18-23-4-2-1-3-5-23/h6-15,19,23,29-30,35-36,43H,1-5,16-18,20-22H2,(H,40,45)(H,41,44)(H,47,48)/t29-,30?,35-,36-/m1/s1. The van der Waals surface area contributed by atoms with Crippen molar-refractivity contribution in [2.75, 3.05) is 37.0 Å². The van der Waals surface area contributed by atoms with Crippen LogP contribution >= 0.6 is 11.8 Å². The van der Waals surface area contributed by atoms with Gasteiger partial charge in [-0.25, -0.2) is 9.18 Å². The number of carboxylic acids is 1. The van der Waals surface area contributed by atoms with Gasteiger partial charge in [0.15, 0.2) is 18.1 Å². The fourth-order valence-electron chi connectivity index (χ4n) is 6.76. The third-order valence-corrected chi connectivity index (χ3v) is 10.8. The van der Waals surface area contributed by atoms with E-state index in [1.807, 2.05) is 0 Å². The zero-order valence-corrected chi connectivity index (χ0v) is 29.3. The van der Waals surface area contributed by atoms with E-state index in [9.17, 15) is 33.8 Å². The molecule has 6 rings (SSSR count). The van der Waals surface area contributed by atoms with E-state index in [4.69, 9.17) is 14.2 Å². The van der Waals surface area contributed by atoms with Gasteiger partial charge in [0.25, 0.3) is 5.91 Å². The number of amides is 3. The van der Waals surface area contributed by atoms with Crippen molar-refractivity contribution in [3.8, 4) is 17.2 Å². The zero-order chi connectivity index (χ0) is 36.6. The minimum atomic E-state index is -1.09. The lowest BCUT2D eigenvalue weighted by molar-refractivity contribution is -0.142. The van der Waals surface area contributed by atoms with Gasteiger partial charge in [-0.15, -0.1) is 11.8 Å². The van der Waals surface area contributed by atoms with Crippen molar-refractivity contribution < 1.29 is 48.0 Å². The number of carbonyl (C=O) groups is 4. The number of benzene rings is 3. The summed E-state index contributed by atoms with van der Waals surface area (Å²) in [5.74, 6) is -0.802. The number of hydrogen-bond acceptors (Lipinski definition) is 9. The molecular weight excluding hydrogens is 693 g/mol. The van der Waals surface area contributed by atoms with Crippen molar-refractivity contribution in [3.05, 3.63) is 83.7 Å². The number of nitrogens with one attached hydrogen (secondary N) is 2. The van der Waals surface area contributed by atoms with E-state index < -0.39 is 47.0 Å². The van der Waals surface area contributed by atoms with Crippen LogP contribution in [-0.4, -0.2) is 77.3 Å². The number of aliphatic carboxylic acids is 1. The Hall–Kier alpha value is -4.82. The number of rotatable bonds is 15. The van der Waals surface area contributed by atoms with E-state index in [1.54, 1.807) is 59.5 Å². The van der Waals surface area contributed by atoms with Crippen molar-refractivity contribution in [2.24, 2.45) is 5.92 Å². The molecule has 14 heteroatoms. The molecule has 1 saturated heterocycles. The van der Waals surface area contributed by atoms with Crippen LogP contribution in [0.25, 0.3) is 0 Å². The molecule has 0 aromatic heterocycles. The van der Waals surface area contributed by atoms with Gasteiger partial charge in [0.05, 0.1) is 18.7 Å². The monoisotopic (exact) mass is 735 g/mol. The van der Waals surface area contributed by atoms with E-state index in [0.717, 1.165) is 37.7 Å². The minimum absolute atomic E-state index is 0.180. The van der Waals surface area contributed by atoms with Crippen molar-refractivity contribution >= 4 is 41.1 Å². The lowest BCUT2D eigenvalue weighted by Gasteiger charge is -2.47. The quantitative estimate of drug-likeness (QED) is 0.163. The summed E-state index contributed by atoms with van der Waals surface area (Å²) in [7, 11) is 0. The summed E-state index contributed by atoms with van der Waals surface area (Å²) in [6.45, 7) is 0.121. The van der Waals surface area contributed by atoms with Gasteiger partial charge in [0, 0.05) is 11.4 Å². The number of nitrogens with zero attached hydrogens (tertiary/aromatic N) is 1. The molecule has 2 aliphatic heterocycles. The van der Waals surface area contributed by atoms with Crippen LogP contribution in [0.4, 0.5) is 10.1 Å². The third kappa shape index (κ3) is 9.15. The zero-order valence-electron chi connectivity index (χ0n) is 28.5. The van der Waals surface area contributed by atoms with E-state index in [-0.39, 0.29) is 30.7 Å². The number of anilines is 1. The van der Waals surface area contributed by atoms with Gasteiger partial charge in [0.2, 0.25) is 11.8 Å². The number of fused-ring (bicyclic) bond motifs is 1. The van der Waals surface area contributed by atoms with Gasteiger partial charge in [-0.2, -0.15) is 0 Å². The van der Waals surface area contributed by atoms with Crippen LogP contribution in [-0.2, 0) is 19.2 Å². The van der Waals surface area contributed by atoms with Crippen LogP contribution in [0.1, 0.15) is 61.8 Å². The molecule has 3 aromatic rings. The number of β-lactam (4-membered cyclic amide) rings is 1. The van der Waals surface area contributed by atoms with Crippen molar-refractivity contribution in [3.63, 3.8) is 0 Å². The summed E-state index contributed by atoms with van der Waals surface area (Å²) in [5, 5.41) is 25.0. The molecule has 0 bridgehead atoms. The summed E-state index contributed by atoms with van der Waals surface area (Å²) >= 11 is 1.32. The Bertz CT molecular complexity index is 1740. The number of ether oxygens (including phenoxy) is 3. The number of carboxylic acid groups (broad SMARTS) is 1. The summed E-state index contributed by atoms with van der Waals surface area (Å²) in [5.41, 5.74) is 1.94. The second-order valence-corrected chi connectivity index (χ2v) is 14.3. The Balaban J connectivity index is 1.03. The predicted molar refractivity (Wildman–Crippen MR) is 191 cm³/mol. The van der Waals surface area contributed by atoms with Crippen molar-refractivity contribution in [2.45, 2.75) is 62.0 Å². The summed E-state index contributed by atoms with van der Waals surface area (Å²) in [6.07, 6.45) is 4.67.